The van der Waals surface area contributed by atoms with Crippen molar-refractivity contribution in [1.29, 1.82) is 0 Å². The molecule has 1 aromatic carbocycles. The highest BCUT2D eigenvalue weighted by atomic mass is 32.2. The first-order valence-electron chi connectivity index (χ1n) is 8.87. The van der Waals surface area contributed by atoms with Crippen LogP contribution in [0.1, 0.15) is 37.8 Å². The number of benzene rings is 1. The number of nitrogens with zero attached hydrogens (tertiary/aromatic N) is 1. The normalized spacial score (nSPS) is 15.9. The molecule has 7 nitrogen and oxygen atoms in total. The van der Waals surface area contributed by atoms with Gasteiger partial charge in [0.05, 0.1) is 30.3 Å². The minimum absolute atomic E-state index is 0.289. The van der Waals surface area contributed by atoms with Crippen molar-refractivity contribution < 1.29 is 14.3 Å². The molecule has 0 aliphatic carbocycles. The number of carbonyl (C=O) groups is 1. The van der Waals surface area contributed by atoms with Crippen LogP contribution in [0.4, 0.5) is 5.82 Å². The summed E-state index contributed by atoms with van der Waals surface area (Å²) in [7, 11) is 1.56. The van der Waals surface area contributed by atoms with Crippen LogP contribution in [0.2, 0.25) is 0 Å². The quantitative estimate of drug-likeness (QED) is 0.451. The highest BCUT2D eigenvalue weighted by molar-refractivity contribution is 7.98. The fourth-order valence-corrected chi connectivity index (χ4v) is 3.67. The maximum Gasteiger partial charge on any atom is 0.337 e. The molecule has 0 saturated heterocycles. The van der Waals surface area contributed by atoms with Crippen molar-refractivity contribution in [2.75, 3.05) is 18.7 Å². The smallest absolute Gasteiger partial charge is 0.337 e. The molecule has 3 rings (SSSR count). The predicted octanol–water partition coefficient (Wildman–Crippen LogP) is 3.28. The molecule has 2 aromatic rings. The van der Waals surface area contributed by atoms with Crippen LogP contribution in [-0.4, -0.2) is 35.4 Å². The zero-order valence-corrected chi connectivity index (χ0v) is 17.3. The Morgan fingerprint density at radius 2 is 2.00 bits per heavy atom. The number of hydrogen-bond acceptors (Lipinski definition) is 7. The maximum atomic E-state index is 13.0. The molecule has 2 N–H and O–H groups in total. The van der Waals surface area contributed by atoms with E-state index < -0.39 is 11.9 Å². The molecule has 1 aromatic heterocycles. The molecule has 1 unspecified atom stereocenters. The highest BCUT2D eigenvalue weighted by Crippen LogP contribution is 2.43. The minimum atomic E-state index is -0.661. The largest absolute Gasteiger partial charge is 0.496 e. The van der Waals surface area contributed by atoms with Crippen molar-refractivity contribution in [1.82, 2.24) is 9.97 Å². The number of thioether (sulfide) groups is 1. The van der Waals surface area contributed by atoms with E-state index >= 15 is 0 Å². The molecule has 0 spiro atoms. The molecule has 1 aliphatic heterocycles. The summed E-state index contributed by atoms with van der Waals surface area (Å²) in [5.74, 6) is -0.125. The third kappa shape index (κ3) is 3.64. The van der Waals surface area contributed by atoms with E-state index in [1.165, 1.54) is 11.8 Å². The van der Waals surface area contributed by atoms with Gasteiger partial charge in [-0.3, -0.25) is 4.79 Å². The fraction of sp³-hybridized carbons (Fsp3) is 0.350. The van der Waals surface area contributed by atoms with Gasteiger partial charge < -0.3 is 19.8 Å². The maximum absolute atomic E-state index is 13.0. The number of esters is 1. The number of rotatable bonds is 5. The van der Waals surface area contributed by atoms with Gasteiger partial charge in [-0.05, 0) is 33.1 Å². The van der Waals surface area contributed by atoms with Crippen LogP contribution in [-0.2, 0) is 9.53 Å². The number of H-pyrrole nitrogens is 1. The van der Waals surface area contributed by atoms with E-state index in [4.69, 9.17) is 9.47 Å². The number of aromatic nitrogens is 2. The van der Waals surface area contributed by atoms with Crippen LogP contribution in [0.25, 0.3) is 0 Å². The molecular formula is C20H23N3O4S. The average molecular weight is 401 g/mol. The molecule has 0 saturated carbocycles. The van der Waals surface area contributed by atoms with Crippen molar-refractivity contribution in [3.63, 3.8) is 0 Å². The first kappa shape index (κ1) is 20.0. The van der Waals surface area contributed by atoms with E-state index in [2.05, 4.69) is 15.3 Å². The lowest BCUT2D eigenvalue weighted by molar-refractivity contribution is -0.143. The van der Waals surface area contributed by atoms with Crippen LogP contribution in [0.3, 0.4) is 0 Å². The Balaban J connectivity index is 2.29. The molecule has 0 bridgehead atoms. The van der Waals surface area contributed by atoms with Gasteiger partial charge in [0.15, 0.2) is 5.16 Å². The van der Waals surface area contributed by atoms with Crippen LogP contribution < -0.4 is 15.6 Å². The second-order valence-electron chi connectivity index (χ2n) is 6.63. The summed E-state index contributed by atoms with van der Waals surface area (Å²) in [6.07, 6.45) is 1.54. The van der Waals surface area contributed by atoms with Crippen LogP contribution >= 0.6 is 11.8 Å². The van der Waals surface area contributed by atoms with Gasteiger partial charge in [0.2, 0.25) is 0 Å². The van der Waals surface area contributed by atoms with E-state index in [1.807, 2.05) is 24.5 Å². The van der Waals surface area contributed by atoms with Crippen LogP contribution in [0, 0.1) is 0 Å². The molecule has 8 heteroatoms. The SMILES string of the molecule is COc1ccccc1C1C(C(=O)OC(C)C)=C(C)Nc2nc(SC)[nH]c(=O)c21. The number of aromatic amines is 1. The van der Waals surface area contributed by atoms with Gasteiger partial charge in [0.25, 0.3) is 5.56 Å². The number of para-hydroxylation sites is 1. The highest BCUT2D eigenvalue weighted by Gasteiger charge is 2.38. The Kier molecular flexibility index (Phi) is 5.79. The van der Waals surface area contributed by atoms with E-state index in [1.54, 1.807) is 33.9 Å². The predicted molar refractivity (Wildman–Crippen MR) is 109 cm³/mol. The van der Waals surface area contributed by atoms with Gasteiger partial charge in [-0.1, -0.05) is 30.0 Å². The van der Waals surface area contributed by atoms with Gasteiger partial charge in [0.1, 0.15) is 11.6 Å². The Labute approximate surface area is 167 Å². The summed E-state index contributed by atoms with van der Waals surface area (Å²) in [6, 6.07) is 7.33. The van der Waals surface area contributed by atoms with Crippen molar-refractivity contribution in [3.05, 3.63) is 57.0 Å². The molecule has 2 heterocycles. The van der Waals surface area contributed by atoms with Crippen LogP contribution in [0.5, 0.6) is 5.75 Å². The number of hydrogen-bond donors (Lipinski definition) is 2. The van der Waals surface area contributed by atoms with Crippen LogP contribution in [0.15, 0.2) is 45.5 Å². The topological polar surface area (TPSA) is 93.3 Å². The van der Waals surface area contributed by atoms with Gasteiger partial charge in [0, 0.05) is 11.3 Å². The summed E-state index contributed by atoms with van der Waals surface area (Å²) < 4.78 is 11.0. The number of ether oxygens (including phenoxy) is 2. The van der Waals surface area contributed by atoms with Gasteiger partial charge in [-0.2, -0.15) is 0 Å². The lowest BCUT2D eigenvalue weighted by Gasteiger charge is -2.30. The van der Waals surface area contributed by atoms with Crippen molar-refractivity contribution in [2.24, 2.45) is 0 Å². The average Bonchev–Trinajstić information content (AvgIpc) is 2.65. The summed E-state index contributed by atoms with van der Waals surface area (Å²) >= 11 is 1.34. The number of carbonyl (C=O) groups excluding carboxylic acids is 1. The third-order valence-corrected chi connectivity index (χ3v) is 5.01. The zero-order chi connectivity index (χ0) is 20.4. The summed E-state index contributed by atoms with van der Waals surface area (Å²) in [5, 5.41) is 3.61. The Hall–Kier alpha value is -2.74. The van der Waals surface area contributed by atoms with Gasteiger partial charge in [-0.15, -0.1) is 0 Å². The summed E-state index contributed by atoms with van der Waals surface area (Å²) in [5.41, 5.74) is 1.73. The molecule has 0 fully saturated rings. The summed E-state index contributed by atoms with van der Waals surface area (Å²) in [4.78, 5) is 33.2. The van der Waals surface area contributed by atoms with E-state index in [0.29, 0.717) is 39.1 Å². The molecular weight excluding hydrogens is 378 g/mol. The second-order valence-corrected chi connectivity index (χ2v) is 7.43. The number of methoxy groups -OCH3 is 1. The van der Waals surface area contributed by atoms with E-state index in [0.717, 1.165) is 0 Å². The molecule has 28 heavy (non-hydrogen) atoms. The first-order valence-corrected chi connectivity index (χ1v) is 10.1. The molecule has 0 amide bonds. The number of fused-ring (bicyclic) bond motifs is 1. The number of anilines is 1. The van der Waals surface area contributed by atoms with Crippen molar-refractivity contribution in [3.8, 4) is 5.75 Å². The number of nitrogens with one attached hydrogen (secondary N) is 2. The van der Waals surface area contributed by atoms with Gasteiger partial charge in [-0.25, -0.2) is 9.78 Å². The minimum Gasteiger partial charge on any atom is -0.496 e. The fourth-order valence-electron chi connectivity index (χ4n) is 3.29. The standard InChI is InChI=1S/C20H23N3O4S/c1-10(2)27-19(25)14-11(3)21-17-16(18(24)23-20(22-17)28-5)15(14)12-8-6-7-9-13(12)26-4/h6-10,15H,1-5H3,(H2,21,22,23,24). The zero-order valence-electron chi connectivity index (χ0n) is 16.5. The van der Waals surface area contributed by atoms with Gasteiger partial charge >= 0.3 is 5.97 Å². The van der Waals surface area contributed by atoms with E-state index in [9.17, 15) is 9.59 Å². The molecule has 148 valence electrons. The Morgan fingerprint density at radius 3 is 2.64 bits per heavy atom. The molecule has 1 atom stereocenters. The monoisotopic (exact) mass is 401 g/mol. The first-order chi connectivity index (χ1) is 13.4. The Morgan fingerprint density at radius 1 is 1.29 bits per heavy atom. The molecule has 0 radical (unpaired) electrons. The van der Waals surface area contributed by atoms with Crippen molar-refractivity contribution in [2.45, 2.75) is 37.9 Å². The summed E-state index contributed by atoms with van der Waals surface area (Å²) in [6.45, 7) is 5.36. The lowest BCUT2D eigenvalue weighted by atomic mass is 9.82. The Bertz CT molecular complexity index is 997. The molecule has 1 aliphatic rings. The second kappa shape index (κ2) is 8.10. The van der Waals surface area contributed by atoms with Crippen molar-refractivity contribution >= 4 is 23.5 Å². The van der Waals surface area contributed by atoms with E-state index in [-0.39, 0.29) is 11.7 Å². The third-order valence-electron chi connectivity index (χ3n) is 4.43. The number of allylic oxidation sites excluding steroid dienone is 1. The lowest BCUT2D eigenvalue weighted by Crippen LogP contribution is -2.32.